The molecule has 0 aromatic carbocycles. The van der Waals surface area contributed by atoms with E-state index in [9.17, 15) is 4.79 Å². The average molecular weight is 243 g/mol. The third-order valence-electron chi connectivity index (χ3n) is 3.30. The first-order chi connectivity index (χ1) is 7.97. The van der Waals surface area contributed by atoms with Crippen LogP contribution in [-0.2, 0) is 14.3 Å². The lowest BCUT2D eigenvalue weighted by Crippen LogP contribution is -2.36. The Morgan fingerprint density at radius 2 is 1.94 bits per heavy atom. The smallest absolute Gasteiger partial charge is 0.222 e. The lowest BCUT2D eigenvalue weighted by Gasteiger charge is -2.26. The van der Waals surface area contributed by atoms with Crippen LogP contribution in [0.4, 0.5) is 0 Å². The molecule has 0 aliphatic carbocycles. The number of ether oxygens (including phenoxy) is 2. The molecule has 1 aliphatic rings. The van der Waals surface area contributed by atoms with Crippen LogP contribution in [0, 0.1) is 11.8 Å². The molecule has 1 amide bonds. The van der Waals surface area contributed by atoms with Crippen molar-refractivity contribution in [2.75, 3.05) is 19.8 Å². The quantitative estimate of drug-likeness (QED) is 0.775. The molecule has 1 N–H and O–H groups in total. The van der Waals surface area contributed by atoms with Gasteiger partial charge in [0, 0.05) is 18.9 Å². The molecule has 4 nitrogen and oxygen atoms in total. The van der Waals surface area contributed by atoms with Gasteiger partial charge in [-0.05, 0) is 19.3 Å². The minimum atomic E-state index is -0.458. The van der Waals surface area contributed by atoms with Gasteiger partial charge in [0.25, 0.3) is 0 Å². The molecule has 2 atom stereocenters. The second kappa shape index (κ2) is 6.36. The van der Waals surface area contributed by atoms with E-state index in [2.05, 4.69) is 12.2 Å². The molecule has 0 aromatic heterocycles. The van der Waals surface area contributed by atoms with E-state index in [-0.39, 0.29) is 11.8 Å². The van der Waals surface area contributed by atoms with E-state index in [0.29, 0.717) is 25.7 Å². The largest absolute Gasteiger partial charge is 0.356 e. The molecule has 1 heterocycles. The summed E-state index contributed by atoms with van der Waals surface area (Å²) in [4.78, 5) is 11.6. The van der Waals surface area contributed by atoms with Crippen LogP contribution in [0.15, 0.2) is 0 Å². The molecule has 100 valence electrons. The Labute approximate surface area is 104 Å². The number of carbonyl (C=O) groups excluding carboxylic acids is 1. The van der Waals surface area contributed by atoms with Crippen molar-refractivity contribution < 1.29 is 14.3 Å². The Kier molecular flexibility index (Phi) is 5.40. The van der Waals surface area contributed by atoms with Crippen LogP contribution in [0.5, 0.6) is 0 Å². The van der Waals surface area contributed by atoms with Crippen molar-refractivity contribution in [1.82, 2.24) is 5.32 Å². The molecule has 4 heteroatoms. The van der Waals surface area contributed by atoms with E-state index in [1.165, 1.54) is 0 Å². The third-order valence-corrected chi connectivity index (χ3v) is 3.30. The maximum Gasteiger partial charge on any atom is 0.222 e. The normalized spacial score (nSPS) is 22.1. The highest BCUT2D eigenvalue weighted by molar-refractivity contribution is 5.78. The first kappa shape index (κ1) is 14.5. The maximum atomic E-state index is 11.6. The summed E-state index contributed by atoms with van der Waals surface area (Å²) >= 11 is 0. The van der Waals surface area contributed by atoms with Crippen molar-refractivity contribution >= 4 is 5.91 Å². The van der Waals surface area contributed by atoms with E-state index in [1.807, 2.05) is 20.8 Å². The molecular weight excluding hydrogens is 218 g/mol. The van der Waals surface area contributed by atoms with Crippen LogP contribution < -0.4 is 5.32 Å². The summed E-state index contributed by atoms with van der Waals surface area (Å²) in [5.74, 6) is 0.126. The van der Waals surface area contributed by atoms with E-state index >= 15 is 0 Å². The Morgan fingerprint density at radius 3 is 2.47 bits per heavy atom. The summed E-state index contributed by atoms with van der Waals surface area (Å²) in [7, 11) is 0. The zero-order valence-corrected chi connectivity index (χ0v) is 11.4. The molecule has 1 fully saturated rings. The molecule has 1 aliphatic heterocycles. The fraction of sp³-hybridized carbons (Fsp3) is 0.923. The summed E-state index contributed by atoms with van der Waals surface area (Å²) in [6.45, 7) is 10.1. The Bertz CT molecular complexity index is 249. The van der Waals surface area contributed by atoms with Gasteiger partial charge in [-0.1, -0.05) is 20.8 Å². The van der Waals surface area contributed by atoms with Gasteiger partial charge in [-0.15, -0.1) is 0 Å². The Hall–Kier alpha value is -0.610. The Balaban J connectivity index is 2.25. The van der Waals surface area contributed by atoms with Crippen LogP contribution in [-0.4, -0.2) is 31.5 Å². The number of hydrogen-bond donors (Lipinski definition) is 1. The second-order valence-corrected chi connectivity index (χ2v) is 5.19. The van der Waals surface area contributed by atoms with Gasteiger partial charge in [-0.2, -0.15) is 0 Å². The number of carbonyl (C=O) groups is 1. The maximum absolute atomic E-state index is 11.6. The number of hydrogen-bond acceptors (Lipinski definition) is 3. The van der Waals surface area contributed by atoms with E-state index in [1.54, 1.807) is 0 Å². The highest BCUT2D eigenvalue weighted by Crippen LogP contribution is 2.26. The lowest BCUT2D eigenvalue weighted by atomic mass is 10.0. The van der Waals surface area contributed by atoms with Gasteiger partial charge in [-0.3, -0.25) is 4.79 Å². The first-order valence-electron chi connectivity index (χ1n) is 6.52. The van der Waals surface area contributed by atoms with Crippen LogP contribution >= 0.6 is 0 Å². The zero-order chi connectivity index (χ0) is 12.9. The van der Waals surface area contributed by atoms with Crippen molar-refractivity contribution in [1.29, 1.82) is 0 Å². The topological polar surface area (TPSA) is 47.6 Å². The summed E-state index contributed by atoms with van der Waals surface area (Å²) in [5.41, 5.74) is 0. The molecule has 17 heavy (non-hydrogen) atoms. The lowest BCUT2D eigenvalue weighted by molar-refractivity contribution is -0.154. The number of amides is 1. The van der Waals surface area contributed by atoms with Crippen molar-refractivity contribution in [2.45, 2.75) is 46.3 Å². The fourth-order valence-corrected chi connectivity index (χ4v) is 2.01. The molecule has 1 saturated heterocycles. The molecule has 0 spiro atoms. The summed E-state index contributed by atoms with van der Waals surface area (Å²) in [5, 5.41) is 2.97. The van der Waals surface area contributed by atoms with Crippen LogP contribution in [0.1, 0.15) is 40.5 Å². The van der Waals surface area contributed by atoms with E-state index < -0.39 is 5.79 Å². The van der Waals surface area contributed by atoms with E-state index in [0.717, 1.165) is 12.8 Å². The van der Waals surface area contributed by atoms with Gasteiger partial charge in [-0.25, -0.2) is 0 Å². The van der Waals surface area contributed by atoms with Gasteiger partial charge in [0.05, 0.1) is 13.2 Å². The summed E-state index contributed by atoms with van der Waals surface area (Å²) in [6, 6.07) is 0. The molecule has 0 aromatic rings. The third kappa shape index (κ3) is 4.64. The Morgan fingerprint density at radius 1 is 1.35 bits per heavy atom. The molecule has 1 rings (SSSR count). The zero-order valence-electron chi connectivity index (χ0n) is 11.4. The minimum absolute atomic E-state index is 0.0942. The van der Waals surface area contributed by atoms with Gasteiger partial charge < -0.3 is 14.8 Å². The van der Waals surface area contributed by atoms with Crippen molar-refractivity contribution in [3.63, 3.8) is 0 Å². The summed E-state index contributed by atoms with van der Waals surface area (Å²) < 4.78 is 11.1. The minimum Gasteiger partial charge on any atom is -0.356 e. The average Bonchev–Trinajstić information content (AvgIpc) is 2.71. The fourth-order valence-electron chi connectivity index (χ4n) is 2.01. The molecule has 0 saturated carbocycles. The number of nitrogens with one attached hydrogen (secondary N) is 1. The predicted octanol–water partition coefficient (Wildman–Crippen LogP) is 1.94. The second-order valence-electron chi connectivity index (χ2n) is 5.19. The van der Waals surface area contributed by atoms with Crippen LogP contribution in [0.2, 0.25) is 0 Å². The van der Waals surface area contributed by atoms with Gasteiger partial charge in [0.15, 0.2) is 5.79 Å². The number of rotatable bonds is 6. The van der Waals surface area contributed by atoms with Gasteiger partial charge >= 0.3 is 0 Å². The summed E-state index contributed by atoms with van der Waals surface area (Å²) in [6.07, 6.45) is 1.69. The predicted molar refractivity (Wildman–Crippen MR) is 66.6 cm³/mol. The highest BCUT2D eigenvalue weighted by Gasteiger charge is 2.32. The van der Waals surface area contributed by atoms with Crippen molar-refractivity contribution in [3.05, 3.63) is 0 Å². The highest BCUT2D eigenvalue weighted by atomic mass is 16.7. The molecular formula is C13H25NO3. The monoisotopic (exact) mass is 243 g/mol. The van der Waals surface area contributed by atoms with Gasteiger partial charge in [0.2, 0.25) is 5.91 Å². The van der Waals surface area contributed by atoms with E-state index in [4.69, 9.17) is 9.47 Å². The molecule has 0 bridgehead atoms. The first-order valence-corrected chi connectivity index (χ1v) is 6.52. The molecule has 0 radical (unpaired) electrons. The van der Waals surface area contributed by atoms with Crippen LogP contribution in [0.3, 0.4) is 0 Å². The SMILES string of the molecule is CC[C@@H](C)C(=O)NC[C@@H](C)CC1(C)OCCO1. The van der Waals surface area contributed by atoms with Crippen molar-refractivity contribution in [3.8, 4) is 0 Å². The van der Waals surface area contributed by atoms with Gasteiger partial charge in [0.1, 0.15) is 0 Å². The standard InChI is InChI=1S/C13H25NO3/c1-5-11(3)12(15)14-9-10(2)8-13(4)16-6-7-17-13/h10-11H,5-9H2,1-4H3,(H,14,15)/t10-,11+/m0/s1. The van der Waals surface area contributed by atoms with Crippen LogP contribution in [0.25, 0.3) is 0 Å². The van der Waals surface area contributed by atoms with Crippen molar-refractivity contribution in [2.24, 2.45) is 11.8 Å². The molecule has 0 unspecified atom stereocenters.